The van der Waals surface area contributed by atoms with Crippen molar-refractivity contribution in [1.29, 1.82) is 0 Å². The second-order valence-electron chi connectivity index (χ2n) is 2.60. The molecule has 66 valence electrons. The highest BCUT2D eigenvalue weighted by Gasteiger charge is 2.00. The Labute approximate surface area is 71.7 Å². The fraction of sp³-hybridized carbons (Fsp3) is 0.286. The number of hydrogen-bond acceptors (Lipinski definition) is 3. The predicted molar refractivity (Wildman–Crippen MR) is 47.4 cm³/mol. The Morgan fingerprint density at radius 3 is 2.50 bits per heavy atom. The molecule has 0 fully saturated rings. The number of sulfonamides is 1. The van der Waals surface area contributed by atoms with Crippen LogP contribution in [0.15, 0.2) is 18.3 Å². The minimum absolute atomic E-state index is 0.350. The van der Waals surface area contributed by atoms with Crippen LogP contribution >= 0.6 is 0 Å². The highest BCUT2D eigenvalue weighted by Crippen LogP contribution is 2.04. The molecule has 5 heteroatoms. The lowest BCUT2D eigenvalue weighted by Crippen LogP contribution is -2.10. The van der Waals surface area contributed by atoms with Crippen LogP contribution in [0.3, 0.4) is 0 Å². The molecule has 1 aromatic rings. The summed E-state index contributed by atoms with van der Waals surface area (Å²) in [6, 6.07) is 3.41. The quantitative estimate of drug-likeness (QED) is 0.741. The van der Waals surface area contributed by atoms with Gasteiger partial charge in [0.25, 0.3) is 0 Å². The van der Waals surface area contributed by atoms with Crippen molar-refractivity contribution in [2.24, 2.45) is 0 Å². The van der Waals surface area contributed by atoms with Crippen LogP contribution in [0.5, 0.6) is 0 Å². The van der Waals surface area contributed by atoms with Crippen molar-refractivity contribution in [3.8, 4) is 0 Å². The molecule has 0 aliphatic heterocycles. The van der Waals surface area contributed by atoms with Gasteiger partial charge in [0.05, 0.1) is 6.26 Å². The average Bonchev–Trinajstić information content (AvgIpc) is 1.91. The molecule has 0 bridgehead atoms. The molecule has 1 rings (SSSR count). The molecule has 0 radical (unpaired) electrons. The van der Waals surface area contributed by atoms with E-state index in [0.29, 0.717) is 5.82 Å². The molecule has 0 atom stereocenters. The van der Waals surface area contributed by atoms with Crippen LogP contribution in [0.4, 0.5) is 5.82 Å². The fourth-order valence-electron chi connectivity index (χ4n) is 0.718. The zero-order valence-corrected chi connectivity index (χ0v) is 7.72. The van der Waals surface area contributed by atoms with Crippen LogP contribution in [0.25, 0.3) is 0 Å². The molecule has 12 heavy (non-hydrogen) atoms. The number of pyridine rings is 1. The number of aryl methyl sites for hydroxylation is 1. The van der Waals surface area contributed by atoms with Crippen LogP contribution in [0.1, 0.15) is 5.56 Å². The van der Waals surface area contributed by atoms with E-state index >= 15 is 0 Å². The van der Waals surface area contributed by atoms with Crippen molar-refractivity contribution in [3.63, 3.8) is 0 Å². The van der Waals surface area contributed by atoms with Gasteiger partial charge in [-0.25, -0.2) is 13.4 Å². The number of anilines is 1. The molecule has 0 aliphatic carbocycles. The number of nitrogens with one attached hydrogen (secondary N) is 1. The molecule has 4 nitrogen and oxygen atoms in total. The zero-order chi connectivity index (χ0) is 9.19. The minimum Gasteiger partial charge on any atom is -0.268 e. The second kappa shape index (κ2) is 3.10. The molecule has 0 unspecified atom stereocenters. The van der Waals surface area contributed by atoms with Crippen LogP contribution in [-0.4, -0.2) is 19.7 Å². The van der Waals surface area contributed by atoms with Gasteiger partial charge in [0, 0.05) is 6.20 Å². The van der Waals surface area contributed by atoms with E-state index in [0.717, 1.165) is 11.8 Å². The van der Waals surface area contributed by atoms with E-state index in [1.165, 1.54) is 0 Å². The van der Waals surface area contributed by atoms with Crippen LogP contribution in [-0.2, 0) is 10.0 Å². The first-order chi connectivity index (χ1) is 5.47. The normalized spacial score (nSPS) is 11.2. The largest absolute Gasteiger partial charge is 0.268 e. The van der Waals surface area contributed by atoms with Gasteiger partial charge in [-0.15, -0.1) is 0 Å². The maximum atomic E-state index is 10.7. The van der Waals surface area contributed by atoms with Gasteiger partial charge in [0.1, 0.15) is 5.82 Å². The Balaban J connectivity index is 2.85. The lowest BCUT2D eigenvalue weighted by Gasteiger charge is -2.01. The lowest BCUT2D eigenvalue weighted by molar-refractivity contribution is 0.606. The molecule has 1 heterocycles. The number of rotatable bonds is 2. The van der Waals surface area contributed by atoms with Gasteiger partial charge in [-0.1, -0.05) is 6.07 Å². The predicted octanol–water partition coefficient (Wildman–Crippen LogP) is 0.762. The number of aromatic nitrogens is 1. The standard InChI is InChI=1S/C7H10N2O2S/c1-6-3-4-7(8-5-6)9-12(2,10)11/h3-5H,1-2H3,(H,8,9). The van der Waals surface area contributed by atoms with E-state index in [4.69, 9.17) is 0 Å². The Hall–Kier alpha value is -1.10. The van der Waals surface area contributed by atoms with Gasteiger partial charge >= 0.3 is 0 Å². The number of nitrogens with zero attached hydrogens (tertiary/aromatic N) is 1. The molecule has 0 amide bonds. The molecule has 0 aliphatic rings. The minimum atomic E-state index is -3.20. The molecular formula is C7H10N2O2S. The monoisotopic (exact) mass is 186 g/mol. The third-order valence-electron chi connectivity index (χ3n) is 1.20. The summed E-state index contributed by atoms with van der Waals surface area (Å²) in [5.74, 6) is 0.350. The number of hydrogen-bond donors (Lipinski definition) is 1. The molecule has 0 saturated heterocycles. The van der Waals surface area contributed by atoms with Crippen molar-refractivity contribution in [2.75, 3.05) is 11.0 Å². The molecular weight excluding hydrogens is 176 g/mol. The summed E-state index contributed by atoms with van der Waals surface area (Å²) in [6.45, 7) is 1.89. The van der Waals surface area contributed by atoms with E-state index in [1.54, 1.807) is 18.3 Å². The van der Waals surface area contributed by atoms with E-state index in [1.807, 2.05) is 6.92 Å². The Kier molecular flexibility index (Phi) is 2.32. The third kappa shape index (κ3) is 2.87. The van der Waals surface area contributed by atoms with Gasteiger partial charge in [-0.2, -0.15) is 0 Å². The lowest BCUT2D eigenvalue weighted by atomic mass is 10.3. The topological polar surface area (TPSA) is 59.1 Å². The van der Waals surface area contributed by atoms with Gasteiger partial charge in [0.15, 0.2) is 0 Å². The summed E-state index contributed by atoms with van der Waals surface area (Å²) in [6.07, 6.45) is 2.70. The highest BCUT2D eigenvalue weighted by molar-refractivity contribution is 7.92. The SMILES string of the molecule is Cc1ccc(NS(C)(=O)=O)nc1. The van der Waals surface area contributed by atoms with E-state index in [9.17, 15) is 8.42 Å². The Morgan fingerprint density at radius 1 is 1.42 bits per heavy atom. The first-order valence-corrected chi connectivity index (χ1v) is 5.27. The van der Waals surface area contributed by atoms with E-state index in [-0.39, 0.29) is 0 Å². The first kappa shape index (κ1) is 8.99. The van der Waals surface area contributed by atoms with Gasteiger partial charge in [0.2, 0.25) is 10.0 Å². The van der Waals surface area contributed by atoms with Crippen molar-refractivity contribution < 1.29 is 8.42 Å². The molecule has 1 N–H and O–H groups in total. The summed E-state index contributed by atoms with van der Waals surface area (Å²) in [4.78, 5) is 3.87. The summed E-state index contributed by atoms with van der Waals surface area (Å²) in [5, 5.41) is 0. The smallest absolute Gasteiger partial charge is 0.230 e. The maximum absolute atomic E-state index is 10.7. The summed E-state index contributed by atoms with van der Waals surface area (Å²) < 4.78 is 23.7. The van der Waals surface area contributed by atoms with Crippen LogP contribution in [0.2, 0.25) is 0 Å². The van der Waals surface area contributed by atoms with Crippen molar-refractivity contribution in [2.45, 2.75) is 6.92 Å². The Morgan fingerprint density at radius 2 is 2.08 bits per heavy atom. The fourth-order valence-corrected chi connectivity index (χ4v) is 1.22. The van der Waals surface area contributed by atoms with Crippen LogP contribution < -0.4 is 4.72 Å². The first-order valence-electron chi connectivity index (χ1n) is 3.38. The van der Waals surface area contributed by atoms with Gasteiger partial charge in [-0.3, -0.25) is 4.72 Å². The van der Waals surface area contributed by atoms with Crippen molar-refractivity contribution in [3.05, 3.63) is 23.9 Å². The van der Waals surface area contributed by atoms with E-state index < -0.39 is 10.0 Å². The third-order valence-corrected chi connectivity index (χ3v) is 1.78. The summed E-state index contributed by atoms with van der Waals surface area (Å²) in [5.41, 5.74) is 0.994. The van der Waals surface area contributed by atoms with E-state index in [2.05, 4.69) is 9.71 Å². The highest BCUT2D eigenvalue weighted by atomic mass is 32.2. The van der Waals surface area contributed by atoms with Gasteiger partial charge in [-0.05, 0) is 18.6 Å². The molecule has 0 spiro atoms. The molecule has 1 aromatic heterocycles. The molecule has 0 saturated carbocycles. The Bertz CT molecular complexity index is 355. The second-order valence-corrected chi connectivity index (χ2v) is 4.34. The van der Waals surface area contributed by atoms with Crippen LogP contribution in [0, 0.1) is 6.92 Å². The van der Waals surface area contributed by atoms with Crippen molar-refractivity contribution >= 4 is 15.8 Å². The zero-order valence-electron chi connectivity index (χ0n) is 6.90. The van der Waals surface area contributed by atoms with Gasteiger partial charge < -0.3 is 0 Å². The maximum Gasteiger partial charge on any atom is 0.230 e. The van der Waals surface area contributed by atoms with Crippen molar-refractivity contribution in [1.82, 2.24) is 4.98 Å². The summed E-state index contributed by atoms with van der Waals surface area (Å²) >= 11 is 0. The summed E-state index contributed by atoms with van der Waals surface area (Å²) in [7, 11) is -3.20. The molecule has 0 aromatic carbocycles. The average molecular weight is 186 g/mol.